The van der Waals surface area contributed by atoms with E-state index in [9.17, 15) is 0 Å². The van der Waals surface area contributed by atoms with E-state index in [0.717, 1.165) is 10.7 Å². The standard InChI is InChI=1S/C6H8N2S/c1-5-8-6(2-3-7)4-9-5/h2-4H,7H2,1H3/b3-2-. The Labute approximate surface area is 58.0 Å². The molecule has 0 unspecified atom stereocenters. The maximum Gasteiger partial charge on any atom is 0.0901 e. The molecule has 0 fully saturated rings. The molecule has 2 nitrogen and oxygen atoms in total. The molecule has 0 bridgehead atoms. The van der Waals surface area contributed by atoms with E-state index in [1.54, 1.807) is 17.4 Å². The van der Waals surface area contributed by atoms with Gasteiger partial charge in [-0.05, 0) is 19.2 Å². The Balaban J connectivity index is 2.85. The highest BCUT2D eigenvalue weighted by molar-refractivity contribution is 7.09. The third kappa shape index (κ3) is 1.54. The zero-order valence-electron chi connectivity index (χ0n) is 5.16. The topological polar surface area (TPSA) is 38.9 Å². The molecule has 0 aliphatic rings. The minimum atomic E-state index is 0.944. The number of nitrogens with zero attached hydrogens (tertiary/aromatic N) is 1. The van der Waals surface area contributed by atoms with Gasteiger partial charge in [-0.2, -0.15) is 0 Å². The Kier molecular flexibility index (Phi) is 1.85. The molecule has 9 heavy (non-hydrogen) atoms. The summed E-state index contributed by atoms with van der Waals surface area (Å²) >= 11 is 1.63. The summed E-state index contributed by atoms with van der Waals surface area (Å²) in [5, 5.41) is 3.04. The van der Waals surface area contributed by atoms with Crippen molar-refractivity contribution < 1.29 is 0 Å². The third-order valence-corrected chi connectivity index (χ3v) is 1.70. The molecule has 3 heteroatoms. The monoisotopic (exact) mass is 140 g/mol. The lowest BCUT2D eigenvalue weighted by atomic mass is 10.5. The van der Waals surface area contributed by atoms with Crippen molar-refractivity contribution in [2.75, 3.05) is 0 Å². The minimum Gasteiger partial charge on any atom is -0.405 e. The molecule has 2 N–H and O–H groups in total. The fourth-order valence-corrected chi connectivity index (χ4v) is 1.14. The normalized spacial score (nSPS) is 10.8. The fourth-order valence-electron chi connectivity index (χ4n) is 0.555. The second kappa shape index (κ2) is 2.64. The predicted molar refractivity (Wildman–Crippen MR) is 40.1 cm³/mol. The summed E-state index contributed by atoms with van der Waals surface area (Å²) in [6.07, 6.45) is 3.28. The number of aryl methyl sites for hydroxylation is 1. The van der Waals surface area contributed by atoms with Gasteiger partial charge in [-0.3, -0.25) is 0 Å². The van der Waals surface area contributed by atoms with E-state index in [1.165, 1.54) is 6.20 Å². The van der Waals surface area contributed by atoms with Crippen molar-refractivity contribution in [2.45, 2.75) is 6.92 Å². The van der Waals surface area contributed by atoms with Crippen molar-refractivity contribution >= 4 is 17.4 Å². The number of aromatic nitrogens is 1. The lowest BCUT2D eigenvalue weighted by molar-refractivity contribution is 1.27. The molecule has 0 aromatic carbocycles. The first-order chi connectivity index (χ1) is 4.33. The molecule has 0 atom stereocenters. The van der Waals surface area contributed by atoms with Gasteiger partial charge in [0, 0.05) is 5.38 Å². The van der Waals surface area contributed by atoms with Crippen molar-refractivity contribution in [1.82, 2.24) is 4.98 Å². The Morgan fingerprint density at radius 3 is 3.00 bits per heavy atom. The van der Waals surface area contributed by atoms with Crippen LogP contribution in [0.2, 0.25) is 0 Å². The van der Waals surface area contributed by atoms with Crippen LogP contribution in [0, 0.1) is 6.92 Å². The van der Waals surface area contributed by atoms with Gasteiger partial charge < -0.3 is 5.73 Å². The fraction of sp³-hybridized carbons (Fsp3) is 0.167. The SMILES string of the molecule is Cc1nc(/C=C\N)cs1. The molecule has 0 amide bonds. The van der Waals surface area contributed by atoms with E-state index in [-0.39, 0.29) is 0 Å². The average Bonchev–Trinajstić information content (AvgIpc) is 2.17. The number of hydrogen-bond acceptors (Lipinski definition) is 3. The number of nitrogens with two attached hydrogens (primary N) is 1. The summed E-state index contributed by atoms with van der Waals surface area (Å²) in [5.41, 5.74) is 6.10. The van der Waals surface area contributed by atoms with E-state index >= 15 is 0 Å². The van der Waals surface area contributed by atoms with E-state index in [0.29, 0.717) is 0 Å². The molecular formula is C6H8N2S. The first-order valence-corrected chi connectivity index (χ1v) is 3.51. The highest BCUT2D eigenvalue weighted by Gasteiger charge is 1.89. The van der Waals surface area contributed by atoms with Crippen LogP contribution >= 0.6 is 11.3 Å². The molecule has 0 saturated heterocycles. The largest absolute Gasteiger partial charge is 0.405 e. The van der Waals surface area contributed by atoms with Gasteiger partial charge in [-0.1, -0.05) is 0 Å². The summed E-state index contributed by atoms with van der Waals surface area (Å²) in [4.78, 5) is 4.15. The molecule has 0 aliphatic carbocycles. The minimum absolute atomic E-state index is 0.944. The quantitative estimate of drug-likeness (QED) is 0.640. The van der Waals surface area contributed by atoms with Crippen molar-refractivity contribution in [3.05, 3.63) is 22.3 Å². The Morgan fingerprint density at radius 2 is 2.56 bits per heavy atom. The molecule has 0 aliphatic heterocycles. The van der Waals surface area contributed by atoms with Gasteiger partial charge in [0.25, 0.3) is 0 Å². The van der Waals surface area contributed by atoms with Gasteiger partial charge in [0.1, 0.15) is 0 Å². The summed E-state index contributed by atoms with van der Waals surface area (Å²) in [5.74, 6) is 0. The smallest absolute Gasteiger partial charge is 0.0901 e. The Morgan fingerprint density at radius 1 is 1.78 bits per heavy atom. The highest BCUT2D eigenvalue weighted by atomic mass is 32.1. The van der Waals surface area contributed by atoms with Crippen LogP contribution in [-0.2, 0) is 0 Å². The zero-order valence-corrected chi connectivity index (χ0v) is 5.98. The number of thiazole rings is 1. The van der Waals surface area contributed by atoms with Crippen LogP contribution in [0.5, 0.6) is 0 Å². The van der Waals surface area contributed by atoms with Crippen LogP contribution in [0.15, 0.2) is 11.6 Å². The molecule has 1 rings (SSSR count). The van der Waals surface area contributed by atoms with E-state index in [4.69, 9.17) is 5.73 Å². The Hall–Kier alpha value is -0.830. The van der Waals surface area contributed by atoms with Crippen LogP contribution < -0.4 is 5.73 Å². The number of hydrogen-bond donors (Lipinski definition) is 1. The summed E-state index contributed by atoms with van der Waals surface area (Å²) < 4.78 is 0. The highest BCUT2D eigenvalue weighted by Crippen LogP contribution is 2.08. The first-order valence-electron chi connectivity index (χ1n) is 2.63. The maximum absolute atomic E-state index is 5.15. The molecule has 1 heterocycles. The molecule has 0 spiro atoms. The summed E-state index contributed by atoms with van der Waals surface area (Å²) in [6, 6.07) is 0. The van der Waals surface area contributed by atoms with Gasteiger partial charge in [-0.15, -0.1) is 11.3 Å². The van der Waals surface area contributed by atoms with Gasteiger partial charge in [0.15, 0.2) is 0 Å². The van der Waals surface area contributed by atoms with Gasteiger partial charge >= 0.3 is 0 Å². The van der Waals surface area contributed by atoms with Crippen LogP contribution in [0.1, 0.15) is 10.7 Å². The van der Waals surface area contributed by atoms with Crippen LogP contribution in [0.25, 0.3) is 6.08 Å². The van der Waals surface area contributed by atoms with Crippen molar-refractivity contribution in [2.24, 2.45) is 5.73 Å². The average molecular weight is 140 g/mol. The summed E-state index contributed by atoms with van der Waals surface area (Å²) in [7, 11) is 0. The molecule has 1 aromatic rings. The molecule has 48 valence electrons. The van der Waals surface area contributed by atoms with Crippen molar-refractivity contribution in [3.8, 4) is 0 Å². The second-order valence-corrected chi connectivity index (χ2v) is 2.71. The van der Waals surface area contributed by atoms with Crippen LogP contribution in [0.4, 0.5) is 0 Å². The Bertz CT molecular complexity index is 215. The zero-order chi connectivity index (χ0) is 6.69. The van der Waals surface area contributed by atoms with E-state index in [1.807, 2.05) is 12.3 Å². The van der Waals surface area contributed by atoms with Gasteiger partial charge in [-0.25, -0.2) is 4.98 Å². The lowest BCUT2D eigenvalue weighted by Gasteiger charge is -1.76. The van der Waals surface area contributed by atoms with Gasteiger partial charge in [0.2, 0.25) is 0 Å². The predicted octanol–water partition coefficient (Wildman–Crippen LogP) is 1.38. The van der Waals surface area contributed by atoms with Crippen molar-refractivity contribution in [3.63, 3.8) is 0 Å². The number of rotatable bonds is 1. The molecule has 0 radical (unpaired) electrons. The maximum atomic E-state index is 5.15. The summed E-state index contributed by atoms with van der Waals surface area (Å²) in [6.45, 7) is 1.97. The second-order valence-electron chi connectivity index (χ2n) is 1.65. The van der Waals surface area contributed by atoms with E-state index < -0.39 is 0 Å². The third-order valence-electron chi connectivity index (χ3n) is 0.904. The van der Waals surface area contributed by atoms with Crippen LogP contribution in [-0.4, -0.2) is 4.98 Å². The van der Waals surface area contributed by atoms with E-state index in [2.05, 4.69) is 4.98 Å². The molecule has 0 saturated carbocycles. The lowest BCUT2D eigenvalue weighted by Crippen LogP contribution is -1.77. The molecular weight excluding hydrogens is 132 g/mol. The van der Waals surface area contributed by atoms with Crippen LogP contribution in [0.3, 0.4) is 0 Å². The van der Waals surface area contributed by atoms with Crippen molar-refractivity contribution in [1.29, 1.82) is 0 Å². The van der Waals surface area contributed by atoms with Gasteiger partial charge in [0.05, 0.1) is 10.7 Å². The first kappa shape index (κ1) is 6.29. The molecule has 1 aromatic heterocycles.